The first-order valence-corrected chi connectivity index (χ1v) is 15.9. The van der Waals surface area contributed by atoms with Crippen molar-refractivity contribution in [2.75, 3.05) is 6.54 Å². The van der Waals surface area contributed by atoms with E-state index in [1.165, 1.54) is 0 Å². The number of aliphatic carboxylic acids is 1. The van der Waals surface area contributed by atoms with Gasteiger partial charge in [0, 0.05) is 22.7 Å². The van der Waals surface area contributed by atoms with Crippen LogP contribution in [-0.2, 0) is 9.59 Å². The second kappa shape index (κ2) is 13.8. The average Bonchev–Trinajstić information content (AvgIpc) is 3.28. The largest absolute Gasteiger partial charge is 0.481 e. The molecule has 3 aromatic carbocycles. The van der Waals surface area contributed by atoms with Crippen LogP contribution in [0.1, 0.15) is 92.7 Å². The standard InChI is InChI=1S/C36H40ClN3O4/c1-24(2)12-17-31(25-13-15-26(16-14-25)34(43)38-21-18-32(41)42)40-35(44)33(39-36(40)19-4-3-5-20-36)29-10-6-8-27(22-29)28-9-7-11-30(37)23-28/h6-11,13-16,22-24,31H,3-5,12,17-21H2,1-2H3,(H,38,43)(H,41,42)/t31-/m1/s1. The minimum atomic E-state index is -0.960. The molecular formula is C36H40ClN3O4. The van der Waals surface area contributed by atoms with Crippen LogP contribution >= 0.6 is 11.6 Å². The first-order valence-electron chi connectivity index (χ1n) is 15.6. The lowest BCUT2D eigenvalue weighted by molar-refractivity contribution is -0.137. The summed E-state index contributed by atoms with van der Waals surface area (Å²) in [5.74, 6) is -0.882. The van der Waals surface area contributed by atoms with E-state index in [2.05, 4.69) is 24.1 Å². The van der Waals surface area contributed by atoms with E-state index in [0.29, 0.717) is 22.2 Å². The fourth-order valence-electron chi connectivity index (χ4n) is 6.40. The van der Waals surface area contributed by atoms with Crippen LogP contribution in [0.4, 0.5) is 0 Å². The number of nitrogens with one attached hydrogen (secondary N) is 1. The van der Waals surface area contributed by atoms with Crippen LogP contribution in [0.3, 0.4) is 0 Å². The van der Waals surface area contributed by atoms with Gasteiger partial charge in [-0.2, -0.15) is 0 Å². The van der Waals surface area contributed by atoms with Gasteiger partial charge in [-0.15, -0.1) is 0 Å². The molecule has 230 valence electrons. The minimum absolute atomic E-state index is 0.0561. The number of benzene rings is 3. The van der Waals surface area contributed by atoms with Gasteiger partial charge in [-0.05, 0) is 91.5 Å². The predicted octanol–water partition coefficient (Wildman–Crippen LogP) is 7.68. The summed E-state index contributed by atoms with van der Waals surface area (Å²) in [6.45, 7) is 4.44. The molecule has 2 amide bonds. The number of amides is 2. The van der Waals surface area contributed by atoms with Crippen LogP contribution in [0.5, 0.6) is 0 Å². The van der Waals surface area contributed by atoms with Gasteiger partial charge in [0.05, 0.1) is 12.5 Å². The molecule has 3 aromatic rings. The fraction of sp³-hybridized carbons (Fsp3) is 0.389. The van der Waals surface area contributed by atoms with Crippen LogP contribution in [0.15, 0.2) is 77.8 Å². The molecule has 1 atom stereocenters. The van der Waals surface area contributed by atoms with Gasteiger partial charge in [0.15, 0.2) is 0 Å². The summed E-state index contributed by atoms with van der Waals surface area (Å²) < 4.78 is 0. The molecule has 1 aliphatic heterocycles. The van der Waals surface area contributed by atoms with Gasteiger partial charge in [0.25, 0.3) is 11.8 Å². The Morgan fingerprint density at radius 3 is 2.25 bits per heavy atom. The van der Waals surface area contributed by atoms with Gasteiger partial charge in [-0.1, -0.05) is 74.3 Å². The number of carboxylic acid groups (broad SMARTS) is 1. The first-order chi connectivity index (χ1) is 21.2. The van der Waals surface area contributed by atoms with Crippen LogP contribution in [0, 0.1) is 5.92 Å². The number of aliphatic imine (C=N–C) groups is 1. The average molecular weight is 614 g/mol. The zero-order chi connectivity index (χ0) is 31.3. The zero-order valence-electron chi connectivity index (χ0n) is 25.4. The molecular weight excluding hydrogens is 574 g/mol. The molecule has 0 aromatic heterocycles. The summed E-state index contributed by atoms with van der Waals surface area (Å²) in [6.07, 6.45) is 6.36. The molecule has 0 radical (unpaired) electrons. The van der Waals surface area contributed by atoms with E-state index >= 15 is 0 Å². The minimum Gasteiger partial charge on any atom is -0.481 e. The van der Waals surface area contributed by atoms with Crippen molar-refractivity contribution >= 4 is 35.1 Å². The predicted molar refractivity (Wildman–Crippen MR) is 174 cm³/mol. The quantitative estimate of drug-likeness (QED) is 0.232. The van der Waals surface area contributed by atoms with Crippen molar-refractivity contribution < 1.29 is 19.5 Å². The SMILES string of the molecule is CC(C)CC[C@H](c1ccc(C(=O)NCCC(=O)O)cc1)N1C(=O)C(c2cccc(-c3cccc(Cl)c3)c2)=NC12CCCCC2. The molecule has 0 saturated heterocycles. The van der Waals surface area contributed by atoms with Crippen LogP contribution < -0.4 is 5.32 Å². The van der Waals surface area contributed by atoms with E-state index in [9.17, 15) is 14.4 Å². The number of hydrogen-bond acceptors (Lipinski definition) is 4. The normalized spacial score (nSPS) is 16.7. The molecule has 5 rings (SSSR count). The van der Waals surface area contributed by atoms with Crippen molar-refractivity contribution in [1.29, 1.82) is 0 Å². The molecule has 1 heterocycles. The summed E-state index contributed by atoms with van der Waals surface area (Å²) in [5, 5.41) is 12.2. The van der Waals surface area contributed by atoms with Gasteiger partial charge in [-0.25, -0.2) is 0 Å². The van der Waals surface area contributed by atoms with Crippen molar-refractivity contribution in [2.24, 2.45) is 10.9 Å². The number of carbonyl (C=O) groups is 3. The number of hydrogen-bond donors (Lipinski definition) is 2. The Balaban J connectivity index is 1.49. The second-order valence-electron chi connectivity index (χ2n) is 12.3. The number of rotatable bonds is 11. The lowest BCUT2D eigenvalue weighted by Gasteiger charge is -2.44. The van der Waals surface area contributed by atoms with E-state index in [4.69, 9.17) is 21.7 Å². The van der Waals surface area contributed by atoms with Crippen molar-refractivity contribution in [3.63, 3.8) is 0 Å². The van der Waals surface area contributed by atoms with Crippen molar-refractivity contribution in [3.8, 4) is 11.1 Å². The highest BCUT2D eigenvalue weighted by atomic mass is 35.5. The van der Waals surface area contributed by atoms with E-state index in [-0.39, 0.29) is 30.8 Å². The smallest absolute Gasteiger partial charge is 0.305 e. The molecule has 1 saturated carbocycles. The molecule has 7 nitrogen and oxygen atoms in total. The van der Waals surface area contributed by atoms with Gasteiger partial charge in [0.2, 0.25) is 0 Å². The summed E-state index contributed by atoms with van der Waals surface area (Å²) in [5.41, 5.74) is 4.08. The van der Waals surface area contributed by atoms with E-state index in [0.717, 1.165) is 67.2 Å². The summed E-state index contributed by atoms with van der Waals surface area (Å²) in [6, 6.07) is 22.9. The molecule has 0 bridgehead atoms. The Labute approximate surface area is 264 Å². The highest BCUT2D eigenvalue weighted by molar-refractivity contribution is 6.47. The van der Waals surface area contributed by atoms with Crippen LogP contribution in [0.25, 0.3) is 11.1 Å². The molecule has 1 fully saturated rings. The Kier molecular flexibility index (Phi) is 9.84. The summed E-state index contributed by atoms with van der Waals surface area (Å²) in [4.78, 5) is 45.4. The number of halogens is 1. The Hall–Kier alpha value is -3.97. The Bertz CT molecular complexity index is 1540. The van der Waals surface area contributed by atoms with Gasteiger partial charge in [0.1, 0.15) is 11.4 Å². The maximum absolute atomic E-state index is 14.6. The van der Waals surface area contributed by atoms with E-state index in [1.807, 2.05) is 60.7 Å². The lowest BCUT2D eigenvalue weighted by Crippen LogP contribution is -2.50. The molecule has 2 aliphatic rings. The third-order valence-electron chi connectivity index (χ3n) is 8.65. The summed E-state index contributed by atoms with van der Waals surface area (Å²) in [7, 11) is 0. The fourth-order valence-corrected chi connectivity index (χ4v) is 6.59. The monoisotopic (exact) mass is 613 g/mol. The zero-order valence-corrected chi connectivity index (χ0v) is 26.1. The Morgan fingerprint density at radius 2 is 1.59 bits per heavy atom. The van der Waals surface area contributed by atoms with Gasteiger partial charge < -0.3 is 15.3 Å². The van der Waals surface area contributed by atoms with Gasteiger partial charge >= 0.3 is 5.97 Å². The third-order valence-corrected chi connectivity index (χ3v) is 8.88. The summed E-state index contributed by atoms with van der Waals surface area (Å²) >= 11 is 6.28. The number of carboxylic acids is 1. The van der Waals surface area contributed by atoms with Crippen molar-refractivity contribution in [2.45, 2.75) is 76.9 Å². The van der Waals surface area contributed by atoms with E-state index < -0.39 is 11.6 Å². The van der Waals surface area contributed by atoms with E-state index in [1.54, 1.807) is 12.1 Å². The lowest BCUT2D eigenvalue weighted by atomic mass is 9.85. The molecule has 0 unspecified atom stereocenters. The second-order valence-corrected chi connectivity index (χ2v) is 12.7. The molecule has 2 N–H and O–H groups in total. The van der Waals surface area contributed by atoms with Gasteiger partial charge in [-0.3, -0.25) is 19.4 Å². The molecule has 8 heteroatoms. The van der Waals surface area contributed by atoms with Crippen LogP contribution in [-0.4, -0.2) is 45.7 Å². The van der Waals surface area contributed by atoms with Crippen molar-refractivity contribution in [1.82, 2.24) is 10.2 Å². The van der Waals surface area contributed by atoms with Crippen molar-refractivity contribution in [3.05, 3.63) is 94.5 Å². The number of nitrogens with zero attached hydrogens (tertiary/aromatic N) is 2. The molecule has 44 heavy (non-hydrogen) atoms. The third kappa shape index (κ3) is 7.05. The molecule has 1 spiro atoms. The highest BCUT2D eigenvalue weighted by Gasteiger charge is 2.50. The maximum Gasteiger partial charge on any atom is 0.305 e. The highest BCUT2D eigenvalue weighted by Crippen LogP contribution is 2.46. The topological polar surface area (TPSA) is 99.1 Å². The number of carbonyl (C=O) groups excluding carboxylic acids is 2. The Morgan fingerprint density at radius 1 is 0.932 bits per heavy atom. The maximum atomic E-state index is 14.6. The molecule has 1 aliphatic carbocycles. The van der Waals surface area contributed by atoms with Crippen LogP contribution in [0.2, 0.25) is 5.02 Å². The first kappa shape index (κ1) is 31.5.